The molecule has 90 valence electrons. The Morgan fingerprint density at radius 1 is 1.19 bits per heavy atom. The topological polar surface area (TPSA) is 29.1 Å². The van der Waals surface area contributed by atoms with Crippen molar-refractivity contribution in [1.82, 2.24) is 5.32 Å². The molecule has 1 amide bonds. The van der Waals surface area contributed by atoms with Crippen molar-refractivity contribution in [2.75, 3.05) is 0 Å². The molecular weight excluding hydrogens is 198 g/mol. The summed E-state index contributed by atoms with van der Waals surface area (Å²) in [5.41, 5.74) is 0.730. The van der Waals surface area contributed by atoms with Gasteiger partial charge in [0.2, 0.25) is 0 Å². The van der Waals surface area contributed by atoms with E-state index in [1.165, 1.54) is 0 Å². The Balaban J connectivity index is 0.00000225. The lowest BCUT2D eigenvalue weighted by Crippen LogP contribution is -2.33. The first-order valence-corrected chi connectivity index (χ1v) is 5.45. The molecule has 0 unspecified atom stereocenters. The van der Waals surface area contributed by atoms with Gasteiger partial charge in [-0.2, -0.15) is 0 Å². The first-order valence-electron chi connectivity index (χ1n) is 5.45. The number of carbonyl (C=O) groups is 1. The van der Waals surface area contributed by atoms with Gasteiger partial charge in [0.25, 0.3) is 5.91 Å². The third-order valence-corrected chi connectivity index (χ3v) is 2.24. The molecule has 0 aliphatic carbocycles. The SMILES string of the molecule is C.CC(C)C[C@@H](C)NC(=O)c1ccccc1. The van der Waals surface area contributed by atoms with Crippen LogP contribution < -0.4 is 5.32 Å². The van der Waals surface area contributed by atoms with Crippen LogP contribution in [0.3, 0.4) is 0 Å². The number of benzene rings is 1. The van der Waals surface area contributed by atoms with Gasteiger partial charge < -0.3 is 5.32 Å². The minimum atomic E-state index is 0. The molecular formula is C14H23NO. The summed E-state index contributed by atoms with van der Waals surface area (Å²) in [7, 11) is 0. The van der Waals surface area contributed by atoms with E-state index in [0.717, 1.165) is 12.0 Å². The van der Waals surface area contributed by atoms with Gasteiger partial charge in [0.15, 0.2) is 0 Å². The fourth-order valence-corrected chi connectivity index (χ4v) is 1.66. The average Bonchev–Trinajstić information content (AvgIpc) is 2.17. The van der Waals surface area contributed by atoms with Gasteiger partial charge in [-0.15, -0.1) is 0 Å². The molecule has 0 heterocycles. The second-order valence-corrected chi connectivity index (χ2v) is 4.37. The van der Waals surface area contributed by atoms with Crippen LogP contribution >= 0.6 is 0 Å². The van der Waals surface area contributed by atoms with E-state index in [4.69, 9.17) is 0 Å². The monoisotopic (exact) mass is 221 g/mol. The van der Waals surface area contributed by atoms with Crippen LogP contribution in [-0.2, 0) is 0 Å². The predicted octanol–water partition coefficient (Wildman–Crippen LogP) is 3.49. The lowest BCUT2D eigenvalue weighted by molar-refractivity contribution is 0.0936. The summed E-state index contributed by atoms with van der Waals surface area (Å²) in [5, 5.41) is 2.99. The third-order valence-electron chi connectivity index (χ3n) is 2.24. The van der Waals surface area contributed by atoms with E-state index < -0.39 is 0 Å². The molecule has 0 aliphatic rings. The van der Waals surface area contributed by atoms with Gasteiger partial charge in [-0.25, -0.2) is 0 Å². The zero-order valence-corrected chi connectivity index (χ0v) is 9.66. The molecule has 16 heavy (non-hydrogen) atoms. The Morgan fingerprint density at radius 2 is 1.75 bits per heavy atom. The van der Waals surface area contributed by atoms with E-state index in [0.29, 0.717) is 5.92 Å². The quantitative estimate of drug-likeness (QED) is 0.828. The second-order valence-electron chi connectivity index (χ2n) is 4.37. The van der Waals surface area contributed by atoms with Crippen LogP contribution in [0.2, 0.25) is 0 Å². The minimum Gasteiger partial charge on any atom is -0.350 e. The molecule has 1 aromatic rings. The highest BCUT2D eigenvalue weighted by atomic mass is 16.1. The first kappa shape index (κ1) is 14.7. The highest BCUT2D eigenvalue weighted by Crippen LogP contribution is 2.05. The number of hydrogen-bond donors (Lipinski definition) is 1. The molecule has 2 heteroatoms. The minimum absolute atomic E-state index is 0. The Bertz CT molecular complexity index is 306. The Kier molecular flexibility index (Phi) is 6.47. The summed E-state index contributed by atoms with van der Waals surface area (Å²) in [6, 6.07) is 9.56. The van der Waals surface area contributed by atoms with Gasteiger partial charge in [-0.3, -0.25) is 4.79 Å². The fourth-order valence-electron chi connectivity index (χ4n) is 1.66. The van der Waals surface area contributed by atoms with Crippen molar-refractivity contribution in [2.24, 2.45) is 5.92 Å². The number of rotatable bonds is 4. The zero-order chi connectivity index (χ0) is 11.3. The number of nitrogens with one attached hydrogen (secondary N) is 1. The number of carbonyl (C=O) groups excluding carboxylic acids is 1. The van der Waals surface area contributed by atoms with Gasteiger partial charge >= 0.3 is 0 Å². The lowest BCUT2D eigenvalue weighted by Gasteiger charge is -2.15. The van der Waals surface area contributed by atoms with Crippen molar-refractivity contribution in [3.8, 4) is 0 Å². The molecule has 1 atom stereocenters. The molecule has 0 fully saturated rings. The third kappa shape index (κ3) is 4.96. The van der Waals surface area contributed by atoms with Crippen LogP contribution in [0, 0.1) is 5.92 Å². The summed E-state index contributed by atoms with van der Waals surface area (Å²) < 4.78 is 0. The van der Waals surface area contributed by atoms with Crippen molar-refractivity contribution in [3.63, 3.8) is 0 Å². The number of amides is 1. The maximum absolute atomic E-state index is 11.7. The van der Waals surface area contributed by atoms with E-state index in [1.54, 1.807) is 0 Å². The summed E-state index contributed by atoms with van der Waals surface area (Å²) >= 11 is 0. The highest BCUT2D eigenvalue weighted by Gasteiger charge is 2.09. The smallest absolute Gasteiger partial charge is 0.251 e. The van der Waals surface area contributed by atoms with Gasteiger partial charge in [0.1, 0.15) is 0 Å². The first-order chi connectivity index (χ1) is 7.09. The second kappa shape index (κ2) is 7.04. The molecule has 0 saturated heterocycles. The predicted molar refractivity (Wildman–Crippen MR) is 69.6 cm³/mol. The Hall–Kier alpha value is -1.31. The van der Waals surface area contributed by atoms with E-state index in [9.17, 15) is 4.79 Å². The van der Waals surface area contributed by atoms with Gasteiger partial charge in [-0.05, 0) is 31.4 Å². The van der Waals surface area contributed by atoms with Gasteiger partial charge in [-0.1, -0.05) is 39.5 Å². The van der Waals surface area contributed by atoms with Crippen LogP contribution in [-0.4, -0.2) is 11.9 Å². The zero-order valence-electron chi connectivity index (χ0n) is 9.66. The van der Waals surface area contributed by atoms with E-state index in [2.05, 4.69) is 19.2 Å². The summed E-state index contributed by atoms with van der Waals surface area (Å²) in [6.45, 7) is 6.36. The molecule has 0 aromatic heterocycles. The Morgan fingerprint density at radius 3 is 2.25 bits per heavy atom. The molecule has 0 bridgehead atoms. The molecule has 1 aromatic carbocycles. The van der Waals surface area contributed by atoms with Crippen molar-refractivity contribution in [1.29, 1.82) is 0 Å². The van der Waals surface area contributed by atoms with Crippen LogP contribution in [0.25, 0.3) is 0 Å². The van der Waals surface area contributed by atoms with Crippen molar-refractivity contribution < 1.29 is 4.79 Å². The van der Waals surface area contributed by atoms with Crippen LogP contribution in [0.5, 0.6) is 0 Å². The van der Waals surface area contributed by atoms with Crippen molar-refractivity contribution in [2.45, 2.75) is 40.7 Å². The normalized spacial score (nSPS) is 11.8. The molecule has 1 N–H and O–H groups in total. The van der Waals surface area contributed by atoms with Crippen molar-refractivity contribution >= 4 is 5.91 Å². The summed E-state index contributed by atoms with van der Waals surface area (Å²) in [6.07, 6.45) is 1.01. The summed E-state index contributed by atoms with van der Waals surface area (Å²) in [5.74, 6) is 0.625. The standard InChI is InChI=1S/C13H19NO.CH4/c1-10(2)9-11(3)14-13(15)12-7-5-4-6-8-12;/h4-8,10-11H,9H2,1-3H3,(H,14,15);1H4/t11-;/m1./s1. The van der Waals surface area contributed by atoms with E-state index in [-0.39, 0.29) is 19.4 Å². The Labute approximate surface area is 99.1 Å². The van der Waals surface area contributed by atoms with Gasteiger partial charge in [0, 0.05) is 11.6 Å². The maximum Gasteiger partial charge on any atom is 0.251 e. The molecule has 0 radical (unpaired) electrons. The molecule has 0 spiro atoms. The van der Waals surface area contributed by atoms with Crippen LogP contribution in [0.15, 0.2) is 30.3 Å². The molecule has 2 nitrogen and oxygen atoms in total. The van der Waals surface area contributed by atoms with Gasteiger partial charge in [0.05, 0.1) is 0 Å². The molecule has 0 aliphatic heterocycles. The van der Waals surface area contributed by atoms with Crippen LogP contribution in [0.1, 0.15) is 45.0 Å². The molecule has 0 saturated carbocycles. The van der Waals surface area contributed by atoms with Crippen molar-refractivity contribution in [3.05, 3.63) is 35.9 Å². The largest absolute Gasteiger partial charge is 0.350 e. The summed E-state index contributed by atoms with van der Waals surface area (Å²) in [4.78, 5) is 11.7. The molecule has 1 rings (SSSR count). The highest BCUT2D eigenvalue weighted by molar-refractivity contribution is 5.94. The number of hydrogen-bond acceptors (Lipinski definition) is 1. The van der Waals surface area contributed by atoms with E-state index >= 15 is 0 Å². The lowest BCUT2D eigenvalue weighted by atomic mass is 10.0. The van der Waals surface area contributed by atoms with E-state index in [1.807, 2.05) is 37.3 Å². The van der Waals surface area contributed by atoms with Crippen LogP contribution in [0.4, 0.5) is 0 Å². The fraction of sp³-hybridized carbons (Fsp3) is 0.500. The maximum atomic E-state index is 11.7. The average molecular weight is 221 g/mol.